The van der Waals surface area contributed by atoms with Gasteiger partial charge in [0.05, 0.1) is 18.8 Å². The van der Waals surface area contributed by atoms with Gasteiger partial charge >= 0.3 is 0 Å². The number of benzene rings is 1. The monoisotopic (exact) mass is 257 g/mol. The lowest BCUT2D eigenvalue weighted by molar-refractivity contribution is -0.255. The summed E-state index contributed by atoms with van der Waals surface area (Å²) in [7, 11) is 1.53. The molecule has 0 fully saturated rings. The average Bonchev–Trinajstić information content (AvgIpc) is 2.45. The number of carboxylic acids is 1. The molecule has 0 aliphatic heterocycles. The number of methoxy groups -OCH3 is 1. The van der Waals surface area contributed by atoms with E-state index in [1.54, 1.807) is 18.5 Å². The van der Waals surface area contributed by atoms with Crippen LogP contribution in [0.3, 0.4) is 0 Å². The number of ether oxygens (including phenoxy) is 1. The predicted molar refractivity (Wildman–Crippen MR) is 68.9 cm³/mol. The van der Waals surface area contributed by atoms with E-state index < -0.39 is 5.97 Å². The molecule has 0 amide bonds. The Morgan fingerprint density at radius 2 is 2.26 bits per heavy atom. The second-order valence-electron chi connectivity index (χ2n) is 3.92. The second-order valence-corrected chi connectivity index (χ2v) is 3.92. The summed E-state index contributed by atoms with van der Waals surface area (Å²) >= 11 is 0. The number of rotatable bonds is 5. The molecule has 0 saturated heterocycles. The van der Waals surface area contributed by atoms with Crippen LogP contribution in [0.15, 0.2) is 42.7 Å². The Hall–Kier alpha value is -2.56. The minimum absolute atomic E-state index is 0.106. The number of hydrogen-bond acceptors (Lipinski definition) is 5. The van der Waals surface area contributed by atoms with Crippen LogP contribution in [0.5, 0.6) is 5.75 Å². The van der Waals surface area contributed by atoms with E-state index in [9.17, 15) is 9.90 Å². The number of nitrogens with zero attached hydrogens (tertiary/aromatic N) is 1. The zero-order valence-electron chi connectivity index (χ0n) is 10.4. The van der Waals surface area contributed by atoms with Crippen LogP contribution in [0, 0.1) is 0 Å². The summed E-state index contributed by atoms with van der Waals surface area (Å²) in [5.41, 5.74) is 1.70. The lowest BCUT2D eigenvalue weighted by Crippen LogP contribution is -2.22. The minimum Gasteiger partial charge on any atom is -0.545 e. The molecule has 2 rings (SSSR count). The highest BCUT2D eigenvalue weighted by Crippen LogP contribution is 2.25. The second kappa shape index (κ2) is 5.86. The van der Waals surface area contributed by atoms with Crippen LogP contribution in [-0.2, 0) is 6.54 Å². The predicted octanol–water partition coefficient (Wildman–Crippen LogP) is 1.07. The maximum Gasteiger partial charge on any atom is 0.142 e. The number of pyridine rings is 1. The molecule has 1 heterocycles. The first kappa shape index (κ1) is 12.9. The van der Waals surface area contributed by atoms with Crippen LogP contribution in [0.2, 0.25) is 0 Å². The fraction of sp³-hybridized carbons (Fsp3) is 0.143. The number of hydrogen-bond donors (Lipinski definition) is 1. The minimum atomic E-state index is -1.22. The number of aromatic nitrogens is 1. The molecule has 0 bridgehead atoms. The summed E-state index contributed by atoms with van der Waals surface area (Å²) in [4.78, 5) is 14.8. The zero-order valence-corrected chi connectivity index (χ0v) is 10.4. The number of nitrogens with one attached hydrogen (secondary N) is 1. The van der Waals surface area contributed by atoms with E-state index in [4.69, 9.17) is 4.74 Å². The highest BCUT2D eigenvalue weighted by atomic mass is 16.5. The Morgan fingerprint density at radius 3 is 2.89 bits per heavy atom. The first-order chi connectivity index (χ1) is 9.20. The van der Waals surface area contributed by atoms with Crippen LogP contribution in [-0.4, -0.2) is 18.1 Å². The van der Waals surface area contributed by atoms with Gasteiger partial charge in [-0.2, -0.15) is 0 Å². The van der Waals surface area contributed by atoms with Crippen molar-refractivity contribution in [2.45, 2.75) is 6.54 Å². The summed E-state index contributed by atoms with van der Waals surface area (Å²) in [5, 5.41) is 14.0. The Kier molecular flexibility index (Phi) is 3.97. The van der Waals surface area contributed by atoms with Crippen LogP contribution in [0.25, 0.3) is 0 Å². The van der Waals surface area contributed by atoms with E-state index in [0.29, 0.717) is 18.0 Å². The first-order valence-electron chi connectivity index (χ1n) is 5.73. The number of carboxylic acid groups (broad SMARTS) is 1. The highest BCUT2D eigenvalue weighted by Gasteiger charge is 2.05. The van der Waals surface area contributed by atoms with Gasteiger partial charge < -0.3 is 20.0 Å². The molecule has 0 spiro atoms. The quantitative estimate of drug-likeness (QED) is 0.867. The fourth-order valence-corrected chi connectivity index (χ4v) is 1.67. The van der Waals surface area contributed by atoms with Crippen molar-refractivity contribution in [2.75, 3.05) is 12.4 Å². The Bertz CT molecular complexity index is 570. The fourth-order valence-electron chi connectivity index (χ4n) is 1.67. The van der Waals surface area contributed by atoms with Crippen LogP contribution in [0.1, 0.15) is 15.9 Å². The molecule has 0 saturated carbocycles. The van der Waals surface area contributed by atoms with Crippen LogP contribution >= 0.6 is 0 Å². The van der Waals surface area contributed by atoms with Gasteiger partial charge in [0.15, 0.2) is 0 Å². The third kappa shape index (κ3) is 3.22. The van der Waals surface area contributed by atoms with Gasteiger partial charge in [-0.05, 0) is 35.4 Å². The molecule has 5 nitrogen and oxygen atoms in total. The van der Waals surface area contributed by atoms with E-state index in [-0.39, 0.29) is 5.56 Å². The lowest BCUT2D eigenvalue weighted by atomic mass is 10.2. The van der Waals surface area contributed by atoms with E-state index in [1.807, 2.05) is 12.1 Å². The molecule has 0 radical (unpaired) electrons. The average molecular weight is 257 g/mol. The number of anilines is 1. The maximum atomic E-state index is 10.8. The van der Waals surface area contributed by atoms with E-state index in [1.165, 1.54) is 19.2 Å². The molecular weight excluding hydrogens is 244 g/mol. The van der Waals surface area contributed by atoms with Gasteiger partial charge in [0.1, 0.15) is 5.75 Å². The molecular formula is C14H13N2O3-. The third-order valence-corrected chi connectivity index (χ3v) is 2.64. The number of carbonyl (C=O) groups excluding carboxylic acids is 1. The van der Waals surface area contributed by atoms with Gasteiger partial charge in [0.2, 0.25) is 0 Å². The first-order valence-corrected chi connectivity index (χ1v) is 5.73. The summed E-state index contributed by atoms with van der Waals surface area (Å²) in [6.07, 6.45) is 3.43. The van der Waals surface area contributed by atoms with E-state index >= 15 is 0 Å². The van der Waals surface area contributed by atoms with Crippen molar-refractivity contribution in [1.29, 1.82) is 0 Å². The normalized spacial score (nSPS) is 9.95. The Balaban J connectivity index is 2.18. The molecule has 0 atom stereocenters. The summed E-state index contributed by atoms with van der Waals surface area (Å²) in [6.45, 7) is 0.528. The summed E-state index contributed by atoms with van der Waals surface area (Å²) < 4.78 is 5.18. The summed E-state index contributed by atoms with van der Waals surface area (Å²) in [5.74, 6) is -0.638. The highest BCUT2D eigenvalue weighted by molar-refractivity contribution is 5.87. The maximum absolute atomic E-state index is 10.8. The van der Waals surface area contributed by atoms with Gasteiger partial charge in [0.25, 0.3) is 0 Å². The molecule has 98 valence electrons. The van der Waals surface area contributed by atoms with E-state index in [0.717, 1.165) is 5.56 Å². The van der Waals surface area contributed by atoms with E-state index in [2.05, 4.69) is 10.3 Å². The van der Waals surface area contributed by atoms with Crippen LogP contribution < -0.4 is 15.2 Å². The van der Waals surface area contributed by atoms with Gasteiger partial charge in [0, 0.05) is 18.9 Å². The van der Waals surface area contributed by atoms with Crippen molar-refractivity contribution in [3.63, 3.8) is 0 Å². The molecule has 0 unspecified atom stereocenters. The SMILES string of the molecule is COc1ccc(C(=O)[O-])cc1NCc1cccnc1. The topological polar surface area (TPSA) is 74.3 Å². The van der Waals surface area contributed by atoms with Crippen molar-refractivity contribution >= 4 is 11.7 Å². The van der Waals surface area contributed by atoms with Crippen molar-refractivity contribution in [3.05, 3.63) is 53.9 Å². The van der Waals surface area contributed by atoms with Gasteiger partial charge in [-0.3, -0.25) is 4.98 Å². The Morgan fingerprint density at radius 1 is 1.42 bits per heavy atom. The standard InChI is InChI=1S/C14H14N2O3/c1-19-13-5-4-11(14(17)18)7-12(13)16-9-10-3-2-6-15-8-10/h2-8,16H,9H2,1H3,(H,17,18)/p-1. The van der Waals surface area contributed by atoms with Gasteiger partial charge in [-0.1, -0.05) is 6.07 Å². The molecule has 1 aromatic heterocycles. The van der Waals surface area contributed by atoms with Gasteiger partial charge in [-0.25, -0.2) is 0 Å². The largest absolute Gasteiger partial charge is 0.545 e. The number of aromatic carboxylic acids is 1. The summed E-state index contributed by atoms with van der Waals surface area (Å²) in [6, 6.07) is 8.30. The molecule has 1 N–H and O–H groups in total. The van der Waals surface area contributed by atoms with Crippen molar-refractivity contribution in [3.8, 4) is 5.75 Å². The molecule has 1 aromatic carbocycles. The number of carbonyl (C=O) groups is 1. The lowest BCUT2D eigenvalue weighted by Gasteiger charge is -2.13. The molecule has 5 heteroatoms. The zero-order chi connectivity index (χ0) is 13.7. The molecule has 0 aliphatic rings. The smallest absolute Gasteiger partial charge is 0.142 e. The third-order valence-electron chi connectivity index (χ3n) is 2.64. The van der Waals surface area contributed by atoms with Crippen molar-refractivity contribution in [1.82, 2.24) is 4.98 Å². The van der Waals surface area contributed by atoms with Crippen LogP contribution in [0.4, 0.5) is 5.69 Å². The molecule has 0 aliphatic carbocycles. The van der Waals surface area contributed by atoms with Gasteiger partial charge in [-0.15, -0.1) is 0 Å². The van der Waals surface area contributed by atoms with Crippen molar-refractivity contribution < 1.29 is 14.6 Å². The molecule has 2 aromatic rings. The molecule has 19 heavy (non-hydrogen) atoms. The van der Waals surface area contributed by atoms with Crippen molar-refractivity contribution in [2.24, 2.45) is 0 Å². The Labute approximate surface area is 110 Å².